The van der Waals surface area contributed by atoms with Crippen molar-refractivity contribution < 1.29 is 9.53 Å². The zero-order valence-electron chi connectivity index (χ0n) is 19.3. The molecule has 0 unspecified atom stereocenters. The van der Waals surface area contributed by atoms with Crippen molar-refractivity contribution in [2.45, 2.75) is 25.3 Å². The predicted octanol–water partition coefficient (Wildman–Crippen LogP) is 5.02. The maximum absolute atomic E-state index is 13.6. The summed E-state index contributed by atoms with van der Waals surface area (Å²) in [7, 11) is 1.68. The number of pyridine rings is 1. The Morgan fingerprint density at radius 1 is 1.06 bits per heavy atom. The lowest BCUT2D eigenvalue weighted by Gasteiger charge is -2.33. The SMILES string of the molecule is COc1ccccc1-c1cccc([C@@H]2CCCN(C(=O)c3ccccc3Cn3ccnc3)C2)n1. The number of para-hydroxylation sites is 1. The van der Waals surface area contributed by atoms with Gasteiger partial charge in [-0.2, -0.15) is 0 Å². The molecule has 0 spiro atoms. The number of imidazole rings is 1. The first-order valence-electron chi connectivity index (χ1n) is 11.7. The summed E-state index contributed by atoms with van der Waals surface area (Å²) in [6.07, 6.45) is 7.42. The number of carbonyl (C=O) groups is 1. The molecule has 1 atom stereocenters. The molecule has 1 aliphatic heterocycles. The van der Waals surface area contributed by atoms with E-state index in [4.69, 9.17) is 9.72 Å². The highest BCUT2D eigenvalue weighted by Crippen LogP contribution is 2.32. The Labute approximate surface area is 199 Å². The molecule has 0 saturated carbocycles. The van der Waals surface area contributed by atoms with Gasteiger partial charge in [0.2, 0.25) is 0 Å². The number of amides is 1. The average Bonchev–Trinajstić information content (AvgIpc) is 3.42. The number of aromatic nitrogens is 3. The van der Waals surface area contributed by atoms with Crippen molar-refractivity contribution in [3.8, 4) is 17.0 Å². The summed E-state index contributed by atoms with van der Waals surface area (Å²) in [5.41, 5.74) is 4.65. The Morgan fingerprint density at radius 2 is 1.91 bits per heavy atom. The molecule has 0 radical (unpaired) electrons. The van der Waals surface area contributed by atoms with Crippen LogP contribution in [0.1, 0.15) is 40.4 Å². The third kappa shape index (κ3) is 4.57. The van der Waals surface area contributed by atoms with Crippen LogP contribution in [0.4, 0.5) is 0 Å². The van der Waals surface area contributed by atoms with E-state index in [0.717, 1.165) is 53.2 Å². The zero-order valence-corrected chi connectivity index (χ0v) is 19.3. The first-order chi connectivity index (χ1) is 16.7. The molecule has 0 aliphatic carbocycles. The number of ether oxygens (including phenoxy) is 1. The van der Waals surface area contributed by atoms with Crippen molar-refractivity contribution in [1.29, 1.82) is 0 Å². The molecule has 5 rings (SSSR count). The number of hydrogen-bond acceptors (Lipinski definition) is 4. The molecule has 1 fully saturated rings. The Balaban J connectivity index is 1.37. The van der Waals surface area contributed by atoms with Gasteiger partial charge < -0.3 is 14.2 Å². The fourth-order valence-corrected chi connectivity index (χ4v) is 4.70. The second-order valence-electron chi connectivity index (χ2n) is 8.63. The minimum Gasteiger partial charge on any atom is -0.496 e. The zero-order chi connectivity index (χ0) is 23.3. The van der Waals surface area contributed by atoms with Gasteiger partial charge in [-0.3, -0.25) is 9.78 Å². The van der Waals surface area contributed by atoms with Gasteiger partial charge in [-0.25, -0.2) is 4.98 Å². The number of methoxy groups -OCH3 is 1. The fourth-order valence-electron chi connectivity index (χ4n) is 4.70. The molecule has 1 aliphatic rings. The van der Waals surface area contributed by atoms with Crippen molar-refractivity contribution in [2.24, 2.45) is 0 Å². The Bertz CT molecular complexity index is 1270. The highest BCUT2D eigenvalue weighted by molar-refractivity contribution is 5.95. The summed E-state index contributed by atoms with van der Waals surface area (Å²) < 4.78 is 7.52. The lowest BCUT2D eigenvalue weighted by molar-refractivity contribution is 0.0704. The van der Waals surface area contributed by atoms with E-state index in [0.29, 0.717) is 13.1 Å². The van der Waals surface area contributed by atoms with Gasteiger partial charge in [-0.15, -0.1) is 0 Å². The topological polar surface area (TPSA) is 60.2 Å². The Hall–Kier alpha value is -3.93. The van der Waals surface area contributed by atoms with Gasteiger partial charge >= 0.3 is 0 Å². The van der Waals surface area contributed by atoms with Crippen LogP contribution in [0.15, 0.2) is 85.5 Å². The van der Waals surface area contributed by atoms with Gasteiger partial charge in [0.15, 0.2) is 0 Å². The minimum atomic E-state index is 0.0845. The number of rotatable bonds is 6. The molecule has 6 nitrogen and oxygen atoms in total. The van der Waals surface area contributed by atoms with E-state index in [-0.39, 0.29) is 11.8 Å². The van der Waals surface area contributed by atoms with Gasteiger partial charge in [0.25, 0.3) is 5.91 Å². The Morgan fingerprint density at radius 3 is 2.76 bits per heavy atom. The van der Waals surface area contributed by atoms with Crippen molar-refractivity contribution in [1.82, 2.24) is 19.4 Å². The number of likely N-dealkylation sites (tertiary alicyclic amines) is 1. The van der Waals surface area contributed by atoms with E-state index in [9.17, 15) is 4.79 Å². The number of nitrogens with zero attached hydrogens (tertiary/aromatic N) is 4. The normalized spacial score (nSPS) is 15.8. The summed E-state index contributed by atoms with van der Waals surface area (Å²) in [5.74, 6) is 1.09. The molecule has 1 saturated heterocycles. The first kappa shape index (κ1) is 21.9. The molecule has 0 N–H and O–H groups in total. The molecule has 3 heterocycles. The summed E-state index contributed by atoms with van der Waals surface area (Å²) >= 11 is 0. The van der Waals surface area contributed by atoms with Crippen molar-refractivity contribution in [2.75, 3.05) is 20.2 Å². The molecule has 2 aromatic heterocycles. The van der Waals surface area contributed by atoms with Gasteiger partial charge in [0.1, 0.15) is 5.75 Å². The molecule has 34 heavy (non-hydrogen) atoms. The Kier molecular flexibility index (Phi) is 6.38. The van der Waals surface area contributed by atoms with Crippen LogP contribution in [0.3, 0.4) is 0 Å². The van der Waals surface area contributed by atoms with Gasteiger partial charge in [-0.05, 0) is 48.7 Å². The predicted molar refractivity (Wildman–Crippen MR) is 132 cm³/mol. The summed E-state index contributed by atoms with van der Waals surface area (Å²) in [4.78, 5) is 24.6. The summed E-state index contributed by atoms with van der Waals surface area (Å²) in [5, 5.41) is 0. The second kappa shape index (κ2) is 9.91. The summed E-state index contributed by atoms with van der Waals surface area (Å²) in [6, 6.07) is 21.9. The average molecular weight is 453 g/mol. The van der Waals surface area contributed by atoms with E-state index in [1.54, 1.807) is 19.6 Å². The molecule has 2 aromatic carbocycles. The molecule has 1 amide bonds. The highest BCUT2D eigenvalue weighted by Gasteiger charge is 2.27. The van der Waals surface area contributed by atoms with Gasteiger partial charge in [0, 0.05) is 54.8 Å². The molecule has 6 heteroatoms. The lowest BCUT2D eigenvalue weighted by atomic mass is 9.93. The number of carbonyl (C=O) groups excluding carboxylic acids is 1. The molecular weight excluding hydrogens is 424 g/mol. The van der Waals surface area contributed by atoms with Crippen LogP contribution < -0.4 is 4.74 Å². The minimum absolute atomic E-state index is 0.0845. The lowest BCUT2D eigenvalue weighted by Crippen LogP contribution is -2.39. The maximum Gasteiger partial charge on any atom is 0.254 e. The van der Waals surface area contributed by atoms with E-state index in [1.807, 2.05) is 76.3 Å². The quantitative estimate of drug-likeness (QED) is 0.412. The third-order valence-electron chi connectivity index (χ3n) is 6.44. The van der Waals surface area contributed by atoms with Crippen LogP contribution >= 0.6 is 0 Å². The van der Waals surface area contributed by atoms with Gasteiger partial charge in [0.05, 0.1) is 19.1 Å². The summed E-state index contributed by atoms with van der Waals surface area (Å²) in [6.45, 7) is 2.06. The number of hydrogen-bond donors (Lipinski definition) is 0. The van der Waals surface area contributed by atoms with Crippen LogP contribution in [-0.4, -0.2) is 45.5 Å². The van der Waals surface area contributed by atoms with E-state index < -0.39 is 0 Å². The monoisotopic (exact) mass is 452 g/mol. The maximum atomic E-state index is 13.6. The number of piperidine rings is 1. The second-order valence-corrected chi connectivity index (χ2v) is 8.63. The van der Waals surface area contributed by atoms with Crippen molar-refractivity contribution in [3.05, 3.63) is 102 Å². The molecule has 4 aromatic rings. The smallest absolute Gasteiger partial charge is 0.254 e. The van der Waals surface area contributed by atoms with Crippen LogP contribution in [0.2, 0.25) is 0 Å². The molecule has 172 valence electrons. The standard InChI is InChI=1S/C28H28N4O2/c1-34-27-14-5-4-11-24(27)26-13-6-12-25(30-26)22-9-7-16-32(19-22)28(33)23-10-3-2-8-21(23)18-31-17-15-29-20-31/h2-6,8,10-15,17,20,22H,7,9,16,18-19H2,1H3/t22-/m1/s1. The third-order valence-corrected chi connectivity index (χ3v) is 6.44. The molecular formula is C28H28N4O2. The largest absolute Gasteiger partial charge is 0.496 e. The van der Waals surface area contributed by atoms with Crippen molar-refractivity contribution in [3.63, 3.8) is 0 Å². The van der Waals surface area contributed by atoms with Crippen LogP contribution in [0.25, 0.3) is 11.3 Å². The first-order valence-corrected chi connectivity index (χ1v) is 11.7. The van der Waals surface area contributed by atoms with E-state index in [2.05, 4.69) is 11.1 Å². The highest BCUT2D eigenvalue weighted by atomic mass is 16.5. The fraction of sp³-hybridized carbons (Fsp3) is 0.250. The van der Waals surface area contributed by atoms with Crippen LogP contribution in [0, 0.1) is 0 Å². The molecule has 0 bridgehead atoms. The van der Waals surface area contributed by atoms with Gasteiger partial charge in [-0.1, -0.05) is 36.4 Å². The van der Waals surface area contributed by atoms with Crippen LogP contribution in [0.5, 0.6) is 5.75 Å². The van der Waals surface area contributed by atoms with E-state index >= 15 is 0 Å². The van der Waals surface area contributed by atoms with Crippen LogP contribution in [-0.2, 0) is 6.54 Å². The van der Waals surface area contributed by atoms with E-state index in [1.165, 1.54) is 0 Å². The number of benzene rings is 2. The van der Waals surface area contributed by atoms with Crippen molar-refractivity contribution >= 4 is 5.91 Å².